The fourth-order valence-electron chi connectivity index (χ4n) is 1.96. The topological polar surface area (TPSA) is 28.2 Å². The third kappa shape index (κ3) is 2.94. The number of rotatable bonds is 5. The van der Waals surface area contributed by atoms with Crippen LogP contribution in [0.3, 0.4) is 0 Å². The predicted molar refractivity (Wildman–Crippen MR) is 66.6 cm³/mol. The van der Waals surface area contributed by atoms with Crippen LogP contribution >= 0.6 is 11.6 Å². The lowest BCUT2D eigenvalue weighted by Gasteiger charge is -2.38. The predicted octanol–water partition coefficient (Wildman–Crippen LogP) is 1.92. The van der Waals surface area contributed by atoms with Gasteiger partial charge in [-0.1, -0.05) is 24.6 Å². The first-order valence-electron chi connectivity index (χ1n) is 5.86. The van der Waals surface area contributed by atoms with Gasteiger partial charge in [-0.05, 0) is 25.1 Å². The second kappa shape index (κ2) is 5.62. The van der Waals surface area contributed by atoms with Crippen molar-refractivity contribution in [3.8, 4) is 0 Å². The zero-order valence-electron chi connectivity index (χ0n) is 9.62. The average Bonchev–Trinajstić information content (AvgIpc) is 2.15. The van der Waals surface area contributed by atoms with Crippen LogP contribution in [0.4, 0.5) is 0 Å². The minimum atomic E-state index is 0.584. The molecule has 1 aromatic rings. The quantitative estimate of drug-likeness (QED) is 0.796. The molecule has 4 heteroatoms. The van der Waals surface area contributed by atoms with Crippen molar-refractivity contribution in [3.05, 3.63) is 29.0 Å². The monoisotopic (exact) mass is 239 g/mol. The Bertz CT molecular complexity index is 339. The average molecular weight is 240 g/mol. The van der Waals surface area contributed by atoms with E-state index >= 15 is 0 Å². The molecule has 0 radical (unpaired) electrons. The molecule has 3 nitrogen and oxygen atoms in total. The van der Waals surface area contributed by atoms with E-state index in [0.717, 1.165) is 31.9 Å². The van der Waals surface area contributed by atoms with Gasteiger partial charge in [0.1, 0.15) is 5.15 Å². The van der Waals surface area contributed by atoms with Gasteiger partial charge >= 0.3 is 0 Å². The number of hydrogen-bond donors (Lipinski definition) is 1. The maximum atomic E-state index is 5.89. The Morgan fingerprint density at radius 2 is 2.31 bits per heavy atom. The van der Waals surface area contributed by atoms with Gasteiger partial charge in [0.15, 0.2) is 0 Å². The molecule has 0 atom stereocenters. The summed E-state index contributed by atoms with van der Waals surface area (Å²) >= 11 is 5.89. The minimum absolute atomic E-state index is 0.584. The molecule has 0 amide bonds. The summed E-state index contributed by atoms with van der Waals surface area (Å²) in [6.45, 7) is 6.44. The molecule has 1 saturated heterocycles. The van der Waals surface area contributed by atoms with Crippen LogP contribution in [0.15, 0.2) is 18.2 Å². The number of hydrogen-bond acceptors (Lipinski definition) is 3. The molecular weight excluding hydrogens is 222 g/mol. The van der Waals surface area contributed by atoms with Crippen molar-refractivity contribution in [3.63, 3.8) is 0 Å². The van der Waals surface area contributed by atoms with E-state index < -0.39 is 0 Å². The number of aromatic nitrogens is 1. The van der Waals surface area contributed by atoms with Gasteiger partial charge in [-0.15, -0.1) is 0 Å². The first kappa shape index (κ1) is 11.8. The van der Waals surface area contributed by atoms with Crippen LogP contribution in [0.5, 0.6) is 0 Å². The molecular formula is C12H18ClN3. The molecule has 2 rings (SSSR count). The van der Waals surface area contributed by atoms with Crippen molar-refractivity contribution < 1.29 is 0 Å². The van der Waals surface area contributed by atoms with Crippen molar-refractivity contribution in [1.82, 2.24) is 15.2 Å². The lowest BCUT2D eigenvalue weighted by molar-refractivity contribution is 0.136. The van der Waals surface area contributed by atoms with Crippen molar-refractivity contribution in [1.29, 1.82) is 0 Å². The van der Waals surface area contributed by atoms with Crippen LogP contribution in [0.25, 0.3) is 0 Å². The largest absolute Gasteiger partial charge is 0.314 e. The van der Waals surface area contributed by atoms with Gasteiger partial charge < -0.3 is 5.32 Å². The Balaban J connectivity index is 1.98. The maximum Gasteiger partial charge on any atom is 0.129 e. The SMILES string of the molecule is CCCN(Cc1cccc(Cl)n1)C1CNC1. The third-order valence-electron chi connectivity index (χ3n) is 2.93. The van der Waals surface area contributed by atoms with Crippen LogP contribution in [0.2, 0.25) is 5.15 Å². The van der Waals surface area contributed by atoms with E-state index in [1.807, 2.05) is 18.2 Å². The molecule has 0 aromatic carbocycles. The Morgan fingerprint density at radius 3 is 2.88 bits per heavy atom. The van der Waals surface area contributed by atoms with Crippen LogP contribution in [-0.4, -0.2) is 35.6 Å². The van der Waals surface area contributed by atoms with E-state index in [1.165, 1.54) is 6.42 Å². The molecule has 0 spiro atoms. The second-order valence-corrected chi connectivity index (χ2v) is 4.62. The van der Waals surface area contributed by atoms with Gasteiger partial charge in [0.05, 0.1) is 5.69 Å². The summed E-state index contributed by atoms with van der Waals surface area (Å²) in [6.07, 6.45) is 1.18. The smallest absolute Gasteiger partial charge is 0.129 e. The van der Waals surface area contributed by atoms with Crippen molar-refractivity contribution >= 4 is 11.6 Å². The van der Waals surface area contributed by atoms with Gasteiger partial charge in [-0.3, -0.25) is 4.90 Å². The van der Waals surface area contributed by atoms with Crippen LogP contribution in [0.1, 0.15) is 19.0 Å². The summed E-state index contributed by atoms with van der Waals surface area (Å²) in [7, 11) is 0. The van der Waals surface area contributed by atoms with Gasteiger partial charge in [0, 0.05) is 25.7 Å². The Kier molecular flexibility index (Phi) is 4.16. The zero-order chi connectivity index (χ0) is 11.4. The molecule has 88 valence electrons. The lowest BCUT2D eigenvalue weighted by atomic mass is 10.1. The van der Waals surface area contributed by atoms with Gasteiger partial charge in [-0.25, -0.2) is 4.98 Å². The molecule has 1 N–H and O–H groups in total. The highest BCUT2D eigenvalue weighted by Crippen LogP contribution is 2.12. The Morgan fingerprint density at radius 1 is 1.50 bits per heavy atom. The third-order valence-corrected chi connectivity index (χ3v) is 3.14. The summed E-state index contributed by atoms with van der Waals surface area (Å²) in [6, 6.07) is 6.50. The molecule has 0 unspecified atom stereocenters. The van der Waals surface area contributed by atoms with E-state index in [-0.39, 0.29) is 0 Å². The summed E-state index contributed by atoms with van der Waals surface area (Å²) < 4.78 is 0. The number of pyridine rings is 1. The van der Waals surface area contributed by atoms with Crippen LogP contribution in [-0.2, 0) is 6.54 Å². The summed E-state index contributed by atoms with van der Waals surface area (Å²) in [5.41, 5.74) is 1.06. The van der Waals surface area contributed by atoms with Gasteiger partial charge in [-0.2, -0.15) is 0 Å². The molecule has 2 heterocycles. The van der Waals surface area contributed by atoms with Crippen molar-refractivity contribution in [2.45, 2.75) is 25.9 Å². The number of halogens is 1. The summed E-state index contributed by atoms with van der Waals surface area (Å²) in [4.78, 5) is 6.82. The number of nitrogens with zero attached hydrogens (tertiary/aromatic N) is 2. The fraction of sp³-hybridized carbons (Fsp3) is 0.583. The van der Waals surface area contributed by atoms with Crippen LogP contribution in [0, 0.1) is 0 Å². The first-order valence-corrected chi connectivity index (χ1v) is 6.23. The highest BCUT2D eigenvalue weighted by Gasteiger charge is 2.23. The van der Waals surface area contributed by atoms with Crippen molar-refractivity contribution in [2.75, 3.05) is 19.6 Å². The highest BCUT2D eigenvalue weighted by atomic mass is 35.5. The van der Waals surface area contributed by atoms with E-state index in [4.69, 9.17) is 11.6 Å². The molecule has 1 aliphatic heterocycles. The molecule has 1 fully saturated rings. The minimum Gasteiger partial charge on any atom is -0.314 e. The molecule has 0 saturated carbocycles. The van der Waals surface area contributed by atoms with Gasteiger partial charge in [0.2, 0.25) is 0 Å². The molecule has 16 heavy (non-hydrogen) atoms. The fourth-order valence-corrected chi connectivity index (χ4v) is 2.14. The molecule has 1 aliphatic rings. The van der Waals surface area contributed by atoms with E-state index in [0.29, 0.717) is 11.2 Å². The molecule has 1 aromatic heterocycles. The van der Waals surface area contributed by atoms with Gasteiger partial charge in [0.25, 0.3) is 0 Å². The molecule has 0 bridgehead atoms. The van der Waals surface area contributed by atoms with E-state index in [9.17, 15) is 0 Å². The first-order chi connectivity index (χ1) is 7.79. The van der Waals surface area contributed by atoms with E-state index in [1.54, 1.807) is 0 Å². The van der Waals surface area contributed by atoms with E-state index in [2.05, 4.69) is 22.1 Å². The summed E-state index contributed by atoms with van der Waals surface area (Å²) in [5.74, 6) is 0. The maximum absolute atomic E-state index is 5.89. The highest BCUT2D eigenvalue weighted by molar-refractivity contribution is 6.29. The number of nitrogens with one attached hydrogen (secondary N) is 1. The second-order valence-electron chi connectivity index (χ2n) is 4.23. The van der Waals surface area contributed by atoms with Crippen molar-refractivity contribution in [2.24, 2.45) is 0 Å². The standard InChI is InChI=1S/C12H18ClN3/c1-2-6-16(11-7-14-8-11)9-10-4-3-5-12(13)15-10/h3-5,11,14H,2,6-9H2,1H3. The normalized spacial score (nSPS) is 16.4. The lowest BCUT2D eigenvalue weighted by Crippen LogP contribution is -2.57. The Hall–Kier alpha value is -0.640. The summed E-state index contributed by atoms with van der Waals surface area (Å²) in [5, 5.41) is 3.89. The molecule has 0 aliphatic carbocycles. The zero-order valence-corrected chi connectivity index (χ0v) is 10.4. The Labute approximate surface area is 102 Å². The van der Waals surface area contributed by atoms with Crippen LogP contribution < -0.4 is 5.32 Å².